The van der Waals surface area contributed by atoms with Crippen molar-refractivity contribution in [3.63, 3.8) is 0 Å². The maximum absolute atomic E-state index is 12.3. The van der Waals surface area contributed by atoms with E-state index in [1.165, 1.54) is 18.2 Å². The molecule has 0 aromatic heterocycles. The number of carbonyl (C=O) groups is 4. The number of esters is 2. The van der Waals surface area contributed by atoms with Gasteiger partial charge in [-0.05, 0) is 50.8 Å². The van der Waals surface area contributed by atoms with Crippen LogP contribution in [0.1, 0.15) is 72.3 Å². The lowest BCUT2D eigenvalue weighted by Crippen LogP contribution is -2.59. The number of benzene rings is 1. The lowest BCUT2D eigenvalue weighted by atomic mass is 10.00. The van der Waals surface area contributed by atoms with Crippen LogP contribution >= 0.6 is 0 Å². The fraction of sp³-hybridized carbons (Fsp3) is 0.583. The average molecular weight is 482 g/mol. The predicted octanol–water partition coefficient (Wildman–Crippen LogP) is 3.98. The fourth-order valence-corrected chi connectivity index (χ4v) is 2.96. The maximum Gasteiger partial charge on any atom is 0.510 e. The zero-order valence-corrected chi connectivity index (χ0v) is 20.5. The molecule has 1 rings (SSSR count). The summed E-state index contributed by atoms with van der Waals surface area (Å²) in [6.45, 7) is 8.81. The molecule has 1 aromatic rings. The van der Waals surface area contributed by atoms with Crippen LogP contribution in [-0.2, 0) is 30.3 Å². The van der Waals surface area contributed by atoms with Gasteiger partial charge < -0.3 is 24.1 Å². The molecule has 1 unspecified atom stereocenters. The fourth-order valence-electron chi connectivity index (χ4n) is 2.96. The molecule has 0 aliphatic heterocycles. The molecule has 0 aliphatic carbocycles. The number of nitrogens with one attached hydrogen (secondary N) is 1. The molecule has 0 saturated carbocycles. The summed E-state index contributed by atoms with van der Waals surface area (Å²) in [5.41, 5.74) is -1.79. The highest BCUT2D eigenvalue weighted by Gasteiger charge is 2.44. The molecule has 0 bridgehead atoms. The molecule has 0 saturated heterocycles. The summed E-state index contributed by atoms with van der Waals surface area (Å²) in [6, 6.07) is 4.00. The van der Waals surface area contributed by atoms with Crippen LogP contribution in [0.5, 0.6) is 11.5 Å². The van der Waals surface area contributed by atoms with Crippen molar-refractivity contribution in [2.24, 2.45) is 0 Å². The molecule has 190 valence electrons. The molecule has 2 atom stereocenters. The monoisotopic (exact) mass is 481 g/mol. The number of hydrogen-bond acceptors (Lipinski definition) is 9. The molecule has 0 spiro atoms. The number of rotatable bonds is 14. The molecular weight excluding hydrogens is 446 g/mol. The van der Waals surface area contributed by atoms with Crippen LogP contribution in [0.4, 0.5) is 4.79 Å². The Kier molecular flexibility index (Phi) is 12.1. The van der Waals surface area contributed by atoms with Gasteiger partial charge in [0.2, 0.25) is 0 Å². The Morgan fingerprint density at radius 1 is 0.971 bits per heavy atom. The maximum atomic E-state index is 12.3. The van der Waals surface area contributed by atoms with Crippen LogP contribution in [0.3, 0.4) is 0 Å². The van der Waals surface area contributed by atoms with E-state index < -0.39 is 29.8 Å². The van der Waals surface area contributed by atoms with Crippen molar-refractivity contribution in [3.05, 3.63) is 23.8 Å². The van der Waals surface area contributed by atoms with Crippen molar-refractivity contribution in [1.82, 2.24) is 5.32 Å². The van der Waals surface area contributed by atoms with Crippen molar-refractivity contribution in [2.45, 2.75) is 84.9 Å². The van der Waals surface area contributed by atoms with Gasteiger partial charge in [-0.25, -0.2) is 9.59 Å². The minimum atomic E-state index is -2.15. The number of hydrogen-bond donors (Lipinski definition) is 2. The van der Waals surface area contributed by atoms with Gasteiger partial charge in [-0.2, -0.15) is 0 Å². The van der Waals surface area contributed by atoms with E-state index in [0.29, 0.717) is 24.8 Å². The Bertz CT molecular complexity index is 855. The molecule has 10 heteroatoms. The highest BCUT2D eigenvalue weighted by Crippen LogP contribution is 2.31. The van der Waals surface area contributed by atoms with Gasteiger partial charge in [0.05, 0.1) is 6.61 Å². The third-order valence-electron chi connectivity index (χ3n) is 4.77. The lowest BCUT2D eigenvalue weighted by Gasteiger charge is -2.32. The van der Waals surface area contributed by atoms with Crippen molar-refractivity contribution >= 4 is 24.1 Å². The third-order valence-corrected chi connectivity index (χ3v) is 4.77. The summed E-state index contributed by atoms with van der Waals surface area (Å²) in [6.07, 6.45) is 0.569. The zero-order valence-electron chi connectivity index (χ0n) is 20.5. The Morgan fingerprint density at radius 3 is 2.06 bits per heavy atom. The van der Waals surface area contributed by atoms with Crippen molar-refractivity contribution in [3.8, 4) is 11.5 Å². The quantitative estimate of drug-likeness (QED) is 0.228. The van der Waals surface area contributed by atoms with E-state index >= 15 is 0 Å². The van der Waals surface area contributed by atoms with Gasteiger partial charge in [0.1, 0.15) is 0 Å². The van der Waals surface area contributed by atoms with Crippen LogP contribution in [0, 0.1) is 0 Å². The summed E-state index contributed by atoms with van der Waals surface area (Å²) in [5, 5.41) is 12.9. The van der Waals surface area contributed by atoms with E-state index in [9.17, 15) is 24.3 Å². The van der Waals surface area contributed by atoms with Gasteiger partial charge in [0.15, 0.2) is 11.5 Å². The van der Waals surface area contributed by atoms with Crippen LogP contribution in [0.2, 0.25) is 0 Å². The number of carboxylic acid groups (broad SMARTS) is 1. The summed E-state index contributed by atoms with van der Waals surface area (Å²) < 4.78 is 20.7. The van der Waals surface area contributed by atoms with E-state index in [1.54, 1.807) is 13.8 Å². The standard InChI is InChI=1S/C24H35NO9/c1-6-10-20(26)32-18-13-12-17(14-19(18)33-21(27)11-7-2)15-24(22(28)29,25-16(5)8-3)34-23(30)31-9-4/h12-14,16,25H,6-11,15H2,1-5H3,(H,28,29)/t16?,24-/m0/s1. The van der Waals surface area contributed by atoms with Crippen LogP contribution < -0.4 is 14.8 Å². The van der Waals surface area contributed by atoms with Gasteiger partial charge in [-0.1, -0.05) is 26.8 Å². The molecule has 0 aliphatic rings. The molecule has 10 nitrogen and oxygen atoms in total. The molecule has 0 radical (unpaired) electrons. The third kappa shape index (κ3) is 9.01. The molecule has 0 heterocycles. The molecule has 0 fully saturated rings. The second-order valence-electron chi connectivity index (χ2n) is 7.78. The summed E-state index contributed by atoms with van der Waals surface area (Å²) in [4.78, 5) is 48.5. The minimum absolute atomic E-state index is 0.00716. The normalized spacial score (nSPS) is 13.3. The zero-order chi connectivity index (χ0) is 25.7. The molecule has 0 amide bonds. The second kappa shape index (κ2) is 14.2. The van der Waals surface area contributed by atoms with Crippen molar-refractivity contribution < 1.29 is 43.2 Å². The largest absolute Gasteiger partial charge is 0.510 e. The van der Waals surface area contributed by atoms with E-state index in [1.807, 2.05) is 20.8 Å². The van der Waals surface area contributed by atoms with E-state index in [2.05, 4.69) is 5.32 Å². The van der Waals surface area contributed by atoms with Crippen LogP contribution in [0.25, 0.3) is 0 Å². The van der Waals surface area contributed by atoms with Gasteiger partial charge in [-0.15, -0.1) is 0 Å². The van der Waals surface area contributed by atoms with E-state index in [-0.39, 0.29) is 43.4 Å². The first-order chi connectivity index (χ1) is 16.1. The SMILES string of the molecule is CCCC(=O)Oc1ccc(C[C@](NC(C)CC)(OC(=O)OCC)C(=O)O)cc1OC(=O)CCC. The topological polar surface area (TPSA) is 137 Å². The average Bonchev–Trinajstić information content (AvgIpc) is 2.75. The molecular formula is C24H35NO9. The second-order valence-corrected chi connectivity index (χ2v) is 7.78. The van der Waals surface area contributed by atoms with E-state index in [0.717, 1.165) is 0 Å². The number of carboxylic acids is 1. The number of aliphatic carboxylic acids is 1. The Hall–Kier alpha value is -3.14. The smallest absolute Gasteiger partial charge is 0.477 e. The lowest BCUT2D eigenvalue weighted by molar-refractivity contribution is -0.167. The number of carbonyl (C=O) groups excluding carboxylic acids is 3. The first kappa shape index (κ1) is 28.9. The molecule has 34 heavy (non-hydrogen) atoms. The summed E-state index contributed by atoms with van der Waals surface area (Å²) in [7, 11) is 0. The van der Waals surface area contributed by atoms with E-state index in [4.69, 9.17) is 18.9 Å². The Labute approximate surface area is 199 Å². The first-order valence-corrected chi connectivity index (χ1v) is 11.5. The van der Waals surface area contributed by atoms with Gasteiger partial charge in [-0.3, -0.25) is 14.9 Å². The highest BCUT2D eigenvalue weighted by atomic mass is 16.7. The van der Waals surface area contributed by atoms with Crippen LogP contribution in [-0.4, -0.2) is 47.5 Å². The van der Waals surface area contributed by atoms with Crippen LogP contribution in [0.15, 0.2) is 18.2 Å². The van der Waals surface area contributed by atoms with Crippen molar-refractivity contribution in [2.75, 3.05) is 6.61 Å². The summed E-state index contributed by atoms with van der Waals surface area (Å²) in [5.74, 6) is -2.44. The number of ether oxygens (including phenoxy) is 4. The predicted molar refractivity (Wildman–Crippen MR) is 123 cm³/mol. The minimum Gasteiger partial charge on any atom is -0.477 e. The van der Waals surface area contributed by atoms with Gasteiger partial charge in [0.25, 0.3) is 5.72 Å². The van der Waals surface area contributed by atoms with Gasteiger partial charge >= 0.3 is 24.1 Å². The summed E-state index contributed by atoms with van der Waals surface area (Å²) >= 11 is 0. The molecule has 1 aromatic carbocycles. The molecule has 2 N–H and O–H groups in total. The van der Waals surface area contributed by atoms with Gasteiger partial charge in [0, 0.05) is 25.3 Å². The Balaban J connectivity index is 3.40. The Morgan fingerprint density at radius 2 is 1.56 bits per heavy atom. The highest BCUT2D eigenvalue weighted by molar-refractivity contribution is 5.81. The van der Waals surface area contributed by atoms with Crippen molar-refractivity contribution in [1.29, 1.82) is 0 Å². The first-order valence-electron chi connectivity index (χ1n) is 11.5.